The number of hydrogen-bond acceptors (Lipinski definition) is 4. The van der Waals surface area contributed by atoms with Crippen molar-refractivity contribution >= 4 is 10.1 Å². The largest absolute Gasteiger partial charge is 1.00 e. The summed E-state index contributed by atoms with van der Waals surface area (Å²) in [6.07, 6.45) is 0. The Morgan fingerprint density at radius 1 is 1.20 bits per heavy atom. The van der Waals surface area contributed by atoms with E-state index in [1.807, 2.05) is 0 Å². The van der Waals surface area contributed by atoms with Crippen LogP contribution in [0.3, 0.4) is 0 Å². The summed E-state index contributed by atoms with van der Waals surface area (Å²) in [7, 11) is -4.00. The van der Waals surface area contributed by atoms with Crippen LogP contribution < -0.4 is 34.7 Å². The second kappa shape index (κ2) is 9.29. The van der Waals surface area contributed by atoms with Crippen LogP contribution in [0.15, 0.2) is 35.2 Å². The molecular formula is C8H11NaO5S. The van der Waals surface area contributed by atoms with Crippen LogP contribution in [0.5, 0.6) is 0 Å². The van der Waals surface area contributed by atoms with Crippen LogP contribution >= 0.6 is 0 Å². The van der Waals surface area contributed by atoms with Crippen LogP contribution in [-0.2, 0) is 10.1 Å². The number of aliphatic hydroxyl groups excluding tert-OH is 1. The average Bonchev–Trinajstić information content (AvgIpc) is 2.18. The molecule has 0 unspecified atom stereocenters. The first-order chi connectivity index (χ1) is 6.52. The van der Waals surface area contributed by atoms with Crippen LogP contribution in [0.25, 0.3) is 0 Å². The fourth-order valence-electron chi connectivity index (χ4n) is 0.592. The zero-order valence-electron chi connectivity index (χ0n) is 8.33. The third-order valence-electron chi connectivity index (χ3n) is 1.13. The van der Waals surface area contributed by atoms with Gasteiger partial charge in [0.1, 0.15) is 0 Å². The van der Waals surface area contributed by atoms with Gasteiger partial charge < -0.3 is 10.2 Å². The van der Waals surface area contributed by atoms with Gasteiger partial charge in [0, 0.05) is 6.61 Å². The van der Waals surface area contributed by atoms with Gasteiger partial charge in [0.15, 0.2) is 0 Å². The number of benzene rings is 1. The van der Waals surface area contributed by atoms with E-state index in [2.05, 4.69) is 0 Å². The van der Waals surface area contributed by atoms with Gasteiger partial charge in [0.05, 0.1) is 4.90 Å². The summed E-state index contributed by atoms with van der Waals surface area (Å²) in [5.41, 5.74) is 0. The summed E-state index contributed by atoms with van der Waals surface area (Å²) >= 11 is 0. The Bertz CT molecular complexity index is 335. The molecule has 1 aromatic rings. The fraction of sp³-hybridized carbons (Fsp3) is 0.250. The molecule has 0 aliphatic carbocycles. The fourth-order valence-corrected chi connectivity index (χ4v) is 1.09. The zero-order valence-corrected chi connectivity index (χ0v) is 11.1. The molecule has 0 aliphatic rings. The molecule has 7 heteroatoms. The minimum absolute atomic E-state index is 0. The summed E-state index contributed by atoms with van der Waals surface area (Å²) in [5, 5.41) is 16.6. The molecule has 2 N–H and O–H groups in total. The molecule has 0 saturated heterocycles. The SMILES string of the molecule is O=S(=O)(O)c1ccccc1.[Na+].[O-]CCO. The molecule has 0 aliphatic heterocycles. The Kier molecular flexibility index (Phi) is 10.8. The van der Waals surface area contributed by atoms with Crippen molar-refractivity contribution in [3.05, 3.63) is 30.3 Å². The van der Waals surface area contributed by atoms with Crippen molar-refractivity contribution in [3.63, 3.8) is 0 Å². The van der Waals surface area contributed by atoms with Crippen LogP contribution in [0.4, 0.5) is 0 Å². The Balaban J connectivity index is 0. The molecule has 0 fully saturated rings. The van der Waals surface area contributed by atoms with Gasteiger partial charge in [-0.1, -0.05) is 18.2 Å². The maximum absolute atomic E-state index is 10.4. The van der Waals surface area contributed by atoms with Crippen molar-refractivity contribution in [2.24, 2.45) is 0 Å². The van der Waals surface area contributed by atoms with Crippen LogP contribution in [0.2, 0.25) is 0 Å². The maximum Gasteiger partial charge on any atom is 1.00 e. The van der Waals surface area contributed by atoms with Crippen molar-refractivity contribution in [3.8, 4) is 0 Å². The van der Waals surface area contributed by atoms with Gasteiger partial charge in [0.25, 0.3) is 10.1 Å². The Labute approximate surface area is 111 Å². The predicted octanol–water partition coefficient (Wildman–Crippen LogP) is -3.72. The smallest absolute Gasteiger partial charge is 0.853 e. The summed E-state index contributed by atoms with van der Waals surface area (Å²) in [5.74, 6) is 0. The minimum atomic E-state index is -4.00. The molecule has 0 spiro atoms. The van der Waals surface area contributed by atoms with Gasteiger partial charge in [-0.2, -0.15) is 8.42 Å². The molecule has 0 saturated carbocycles. The van der Waals surface area contributed by atoms with Crippen molar-refractivity contribution in [2.75, 3.05) is 13.2 Å². The first-order valence-electron chi connectivity index (χ1n) is 3.74. The minimum Gasteiger partial charge on any atom is -0.853 e. The summed E-state index contributed by atoms with van der Waals surface area (Å²) in [4.78, 5) is -0.0741. The monoisotopic (exact) mass is 242 g/mol. The molecule has 0 aromatic heterocycles. The van der Waals surface area contributed by atoms with E-state index in [-0.39, 0.29) is 47.7 Å². The van der Waals surface area contributed by atoms with E-state index in [1.54, 1.807) is 18.2 Å². The van der Waals surface area contributed by atoms with Gasteiger partial charge in [-0.25, -0.2) is 0 Å². The standard InChI is InChI=1S/C6H6O3S.C2H5O2.Na/c7-10(8,9)6-4-2-1-3-5-6;3-1-2-4;/h1-5H,(H,7,8,9);3H,1-2H2;/q;-1;+1. The Morgan fingerprint density at radius 3 is 1.80 bits per heavy atom. The molecule has 0 amide bonds. The normalized spacial score (nSPS) is 9.53. The first-order valence-corrected chi connectivity index (χ1v) is 5.18. The van der Waals surface area contributed by atoms with E-state index in [0.717, 1.165) is 0 Å². The number of hydrogen-bond donors (Lipinski definition) is 2. The van der Waals surface area contributed by atoms with Gasteiger partial charge in [-0.05, 0) is 12.1 Å². The van der Waals surface area contributed by atoms with E-state index in [1.165, 1.54) is 12.1 Å². The summed E-state index contributed by atoms with van der Waals surface area (Å²) < 4.78 is 29.2. The number of aliphatic hydroxyl groups is 1. The molecule has 5 nitrogen and oxygen atoms in total. The third-order valence-corrected chi connectivity index (χ3v) is 2.00. The molecule has 0 atom stereocenters. The zero-order chi connectivity index (χ0) is 11.0. The van der Waals surface area contributed by atoms with Crippen LogP contribution in [0, 0.1) is 0 Å². The van der Waals surface area contributed by atoms with E-state index >= 15 is 0 Å². The molecule has 1 aromatic carbocycles. The summed E-state index contributed by atoms with van der Waals surface area (Å²) in [6, 6.07) is 7.42. The quantitative estimate of drug-likeness (QED) is 0.410. The molecule has 0 radical (unpaired) electrons. The second-order valence-corrected chi connectivity index (χ2v) is 3.64. The average molecular weight is 242 g/mol. The van der Waals surface area contributed by atoms with Crippen molar-refractivity contribution in [2.45, 2.75) is 4.90 Å². The van der Waals surface area contributed by atoms with Crippen molar-refractivity contribution in [1.82, 2.24) is 0 Å². The molecule has 0 heterocycles. The first kappa shape index (κ1) is 17.4. The maximum atomic E-state index is 10.4. The Hall–Kier alpha value is 0.0500. The predicted molar refractivity (Wildman–Crippen MR) is 48.2 cm³/mol. The van der Waals surface area contributed by atoms with Crippen molar-refractivity contribution in [1.29, 1.82) is 0 Å². The van der Waals surface area contributed by atoms with Gasteiger partial charge in [0.2, 0.25) is 0 Å². The van der Waals surface area contributed by atoms with E-state index in [9.17, 15) is 8.42 Å². The van der Waals surface area contributed by atoms with Crippen LogP contribution in [-0.4, -0.2) is 31.3 Å². The van der Waals surface area contributed by atoms with Crippen molar-refractivity contribution < 1.29 is 52.7 Å². The second-order valence-electron chi connectivity index (χ2n) is 2.22. The van der Waals surface area contributed by atoms with E-state index < -0.39 is 10.1 Å². The van der Waals surface area contributed by atoms with Crippen LogP contribution in [0.1, 0.15) is 0 Å². The molecular weight excluding hydrogens is 231 g/mol. The van der Waals surface area contributed by atoms with E-state index in [0.29, 0.717) is 0 Å². The molecule has 0 bridgehead atoms. The molecule has 80 valence electrons. The molecule has 1 rings (SSSR count). The number of rotatable bonds is 2. The van der Waals surface area contributed by atoms with Gasteiger partial charge in [-0.15, -0.1) is 6.61 Å². The van der Waals surface area contributed by atoms with E-state index in [4.69, 9.17) is 14.8 Å². The third kappa shape index (κ3) is 9.01. The molecule has 15 heavy (non-hydrogen) atoms. The Morgan fingerprint density at radius 2 is 1.60 bits per heavy atom. The van der Waals surface area contributed by atoms with Gasteiger partial charge >= 0.3 is 29.6 Å². The summed E-state index contributed by atoms with van der Waals surface area (Å²) in [6.45, 7) is -0.611. The topological polar surface area (TPSA) is 97.7 Å². The van der Waals surface area contributed by atoms with Gasteiger partial charge in [-0.3, -0.25) is 4.55 Å².